The van der Waals surface area contributed by atoms with Crippen molar-refractivity contribution in [2.75, 3.05) is 6.54 Å². The molecular formula is C17H16F4N4O2. The first-order valence-corrected chi connectivity index (χ1v) is 8.19. The number of aromatic nitrogens is 2. The number of hydrogen-bond acceptors (Lipinski definition) is 5. The molecule has 144 valence electrons. The van der Waals surface area contributed by atoms with Crippen LogP contribution in [0.15, 0.2) is 30.6 Å². The maximum absolute atomic E-state index is 13.9. The Labute approximate surface area is 152 Å². The molecule has 0 spiro atoms. The second-order valence-electron chi connectivity index (χ2n) is 5.95. The zero-order valence-corrected chi connectivity index (χ0v) is 14.0. The smallest absolute Gasteiger partial charge is 0.403 e. The minimum Gasteiger partial charge on any atom is -0.403 e. The molecule has 2 heterocycles. The van der Waals surface area contributed by atoms with Gasteiger partial charge in [0.05, 0.1) is 24.0 Å². The number of nitrogens with one attached hydrogen (secondary N) is 2. The highest BCUT2D eigenvalue weighted by Crippen LogP contribution is 2.29. The standard InChI is InChI=1S/C17H16F4N4O2/c18-12-6-10(3-4-15(12)27-17(19,20)21)14-7-11(24-9-25-14)8-23-16(26)13-2-1-5-22-13/h3-4,6-7,9,13,22H,1-2,5,8H2,(H,23,26)/t13-/m0/s1. The Bertz CT molecular complexity index is 823. The van der Waals surface area contributed by atoms with E-state index < -0.39 is 17.9 Å². The summed E-state index contributed by atoms with van der Waals surface area (Å²) in [7, 11) is 0. The first-order valence-electron chi connectivity index (χ1n) is 8.19. The van der Waals surface area contributed by atoms with Gasteiger partial charge in [0.2, 0.25) is 5.91 Å². The van der Waals surface area contributed by atoms with Crippen LogP contribution in [0.1, 0.15) is 18.5 Å². The maximum atomic E-state index is 13.9. The number of carbonyl (C=O) groups excluding carboxylic acids is 1. The van der Waals surface area contributed by atoms with Crippen molar-refractivity contribution < 1.29 is 27.1 Å². The summed E-state index contributed by atoms with van der Waals surface area (Å²) in [5, 5.41) is 5.83. The zero-order chi connectivity index (χ0) is 19.4. The number of nitrogens with zero attached hydrogens (tertiary/aromatic N) is 2. The minimum atomic E-state index is -4.98. The Kier molecular flexibility index (Phi) is 5.54. The predicted octanol–water partition coefficient (Wildman–Crippen LogP) is 2.55. The van der Waals surface area contributed by atoms with Crippen LogP contribution in [0.5, 0.6) is 5.75 Å². The number of rotatable bonds is 5. The van der Waals surface area contributed by atoms with E-state index >= 15 is 0 Å². The Morgan fingerprint density at radius 1 is 1.30 bits per heavy atom. The van der Waals surface area contributed by atoms with Gasteiger partial charge in [0.1, 0.15) is 6.33 Å². The van der Waals surface area contributed by atoms with Crippen LogP contribution in [0.25, 0.3) is 11.3 Å². The molecule has 1 aromatic carbocycles. The monoisotopic (exact) mass is 384 g/mol. The molecule has 1 aliphatic heterocycles. The summed E-state index contributed by atoms with van der Waals surface area (Å²) in [6, 6.07) is 4.35. The van der Waals surface area contributed by atoms with Gasteiger partial charge in [-0.3, -0.25) is 4.79 Å². The van der Waals surface area contributed by atoms with Crippen LogP contribution in [0.3, 0.4) is 0 Å². The SMILES string of the molecule is O=C(NCc1cc(-c2ccc(OC(F)(F)F)c(F)c2)ncn1)[C@@H]1CCCN1. The van der Waals surface area contributed by atoms with E-state index in [0.717, 1.165) is 31.5 Å². The third-order valence-electron chi connectivity index (χ3n) is 4.00. The molecule has 1 fully saturated rings. The van der Waals surface area contributed by atoms with E-state index in [-0.39, 0.29) is 24.1 Å². The quantitative estimate of drug-likeness (QED) is 0.775. The topological polar surface area (TPSA) is 76.1 Å². The lowest BCUT2D eigenvalue weighted by atomic mass is 10.1. The van der Waals surface area contributed by atoms with Crippen LogP contribution in [0, 0.1) is 5.82 Å². The fourth-order valence-electron chi connectivity index (χ4n) is 2.73. The van der Waals surface area contributed by atoms with Crippen molar-refractivity contribution in [3.8, 4) is 17.0 Å². The van der Waals surface area contributed by atoms with Gasteiger partial charge in [-0.2, -0.15) is 0 Å². The molecule has 2 aromatic rings. The Hall–Kier alpha value is -2.75. The number of hydrogen-bond donors (Lipinski definition) is 2. The molecule has 10 heteroatoms. The van der Waals surface area contributed by atoms with Gasteiger partial charge < -0.3 is 15.4 Å². The predicted molar refractivity (Wildman–Crippen MR) is 87.0 cm³/mol. The molecular weight excluding hydrogens is 368 g/mol. The molecule has 1 aromatic heterocycles. The highest BCUT2D eigenvalue weighted by atomic mass is 19.4. The van der Waals surface area contributed by atoms with Crippen molar-refractivity contribution >= 4 is 5.91 Å². The Morgan fingerprint density at radius 3 is 2.78 bits per heavy atom. The molecule has 0 aliphatic carbocycles. The average molecular weight is 384 g/mol. The number of carbonyl (C=O) groups is 1. The third-order valence-corrected chi connectivity index (χ3v) is 4.00. The summed E-state index contributed by atoms with van der Waals surface area (Å²) in [5.41, 5.74) is 1.06. The molecule has 1 amide bonds. The molecule has 0 radical (unpaired) electrons. The Morgan fingerprint density at radius 2 is 2.11 bits per heavy atom. The summed E-state index contributed by atoms with van der Waals surface area (Å²) in [5.74, 6) is -2.21. The second-order valence-corrected chi connectivity index (χ2v) is 5.95. The van der Waals surface area contributed by atoms with Crippen molar-refractivity contribution in [3.63, 3.8) is 0 Å². The van der Waals surface area contributed by atoms with Gasteiger partial charge in [-0.15, -0.1) is 13.2 Å². The summed E-state index contributed by atoms with van der Waals surface area (Å²) in [4.78, 5) is 20.0. The molecule has 1 aliphatic rings. The van der Waals surface area contributed by atoms with E-state index in [4.69, 9.17) is 0 Å². The first kappa shape index (κ1) is 19.0. The second kappa shape index (κ2) is 7.87. The summed E-state index contributed by atoms with van der Waals surface area (Å²) in [6.07, 6.45) is -2.03. The van der Waals surface area contributed by atoms with Crippen LogP contribution >= 0.6 is 0 Å². The van der Waals surface area contributed by atoms with Gasteiger partial charge in [0, 0.05) is 5.56 Å². The lowest BCUT2D eigenvalue weighted by molar-refractivity contribution is -0.275. The number of ether oxygens (including phenoxy) is 1. The van der Waals surface area contributed by atoms with E-state index in [9.17, 15) is 22.4 Å². The molecule has 2 N–H and O–H groups in total. The molecule has 0 saturated carbocycles. The van der Waals surface area contributed by atoms with E-state index in [1.165, 1.54) is 18.5 Å². The lowest BCUT2D eigenvalue weighted by Crippen LogP contribution is -2.40. The van der Waals surface area contributed by atoms with Crippen LogP contribution in [-0.2, 0) is 11.3 Å². The molecule has 6 nitrogen and oxygen atoms in total. The summed E-state index contributed by atoms with van der Waals surface area (Å²) in [6.45, 7) is 0.958. The third kappa shape index (κ3) is 5.13. The molecule has 1 atom stereocenters. The van der Waals surface area contributed by atoms with Crippen molar-refractivity contribution in [2.24, 2.45) is 0 Å². The minimum absolute atomic E-state index is 0.132. The van der Waals surface area contributed by atoms with Crippen molar-refractivity contribution in [1.29, 1.82) is 0 Å². The van der Waals surface area contributed by atoms with Gasteiger partial charge in [-0.05, 0) is 43.7 Å². The van der Waals surface area contributed by atoms with Crippen molar-refractivity contribution in [2.45, 2.75) is 31.8 Å². The number of halogens is 4. The van der Waals surface area contributed by atoms with E-state index in [1.54, 1.807) is 0 Å². The maximum Gasteiger partial charge on any atom is 0.573 e. The van der Waals surface area contributed by atoms with Crippen LogP contribution in [-0.4, -0.2) is 34.8 Å². The van der Waals surface area contributed by atoms with Crippen molar-refractivity contribution in [3.05, 3.63) is 42.1 Å². The number of benzene rings is 1. The normalized spacial score (nSPS) is 17.0. The largest absolute Gasteiger partial charge is 0.573 e. The summed E-state index contributed by atoms with van der Waals surface area (Å²) >= 11 is 0. The van der Waals surface area contributed by atoms with Crippen molar-refractivity contribution in [1.82, 2.24) is 20.6 Å². The summed E-state index contributed by atoms with van der Waals surface area (Å²) < 4.78 is 54.1. The van der Waals surface area contributed by atoms with E-state index in [2.05, 4.69) is 25.3 Å². The number of amides is 1. The average Bonchev–Trinajstić information content (AvgIpc) is 3.15. The number of alkyl halides is 3. The molecule has 3 rings (SSSR count). The molecule has 1 saturated heterocycles. The van der Waals surface area contributed by atoms with Gasteiger partial charge in [0.25, 0.3) is 0 Å². The van der Waals surface area contributed by atoms with Crippen LogP contribution in [0.4, 0.5) is 17.6 Å². The Balaban J connectivity index is 1.69. The fourth-order valence-corrected chi connectivity index (χ4v) is 2.73. The van der Waals surface area contributed by atoms with Gasteiger partial charge in [-0.25, -0.2) is 14.4 Å². The highest BCUT2D eigenvalue weighted by Gasteiger charge is 2.32. The van der Waals surface area contributed by atoms with E-state index in [0.29, 0.717) is 11.4 Å². The molecule has 27 heavy (non-hydrogen) atoms. The van der Waals surface area contributed by atoms with Crippen LogP contribution in [0.2, 0.25) is 0 Å². The van der Waals surface area contributed by atoms with Crippen LogP contribution < -0.4 is 15.4 Å². The van der Waals surface area contributed by atoms with Gasteiger partial charge >= 0.3 is 6.36 Å². The fraction of sp³-hybridized carbons (Fsp3) is 0.353. The van der Waals surface area contributed by atoms with Gasteiger partial charge in [0.15, 0.2) is 11.6 Å². The molecule has 0 unspecified atom stereocenters. The highest BCUT2D eigenvalue weighted by molar-refractivity contribution is 5.81. The van der Waals surface area contributed by atoms with Gasteiger partial charge in [-0.1, -0.05) is 0 Å². The first-order chi connectivity index (χ1) is 12.8. The zero-order valence-electron chi connectivity index (χ0n) is 14.0. The molecule has 0 bridgehead atoms. The van der Waals surface area contributed by atoms with E-state index in [1.807, 2.05) is 0 Å². The lowest BCUT2D eigenvalue weighted by Gasteiger charge is -2.12.